The van der Waals surface area contributed by atoms with Gasteiger partial charge in [0.15, 0.2) is 13.2 Å². The van der Waals surface area contributed by atoms with Gasteiger partial charge >= 0.3 is 5.97 Å². The zero-order valence-electron chi connectivity index (χ0n) is 17.6. The van der Waals surface area contributed by atoms with Gasteiger partial charge in [-0.2, -0.15) is 0 Å². The van der Waals surface area contributed by atoms with Gasteiger partial charge in [0.25, 0.3) is 5.91 Å². The molecule has 1 N–H and O–H groups in total. The zero-order chi connectivity index (χ0) is 22.4. The van der Waals surface area contributed by atoms with Crippen molar-refractivity contribution in [3.8, 4) is 5.75 Å². The number of ether oxygens (including phenoxy) is 2. The van der Waals surface area contributed by atoms with Gasteiger partial charge in [0.1, 0.15) is 5.75 Å². The van der Waals surface area contributed by atoms with Crippen molar-refractivity contribution in [2.45, 2.75) is 30.7 Å². The van der Waals surface area contributed by atoms with Crippen LogP contribution in [0.15, 0.2) is 47.4 Å². The molecule has 0 unspecified atom stereocenters. The van der Waals surface area contributed by atoms with Crippen LogP contribution < -0.4 is 10.1 Å². The number of carbonyl (C=O) groups excluding carboxylic acids is 2. The van der Waals surface area contributed by atoms with Crippen LogP contribution in [0.3, 0.4) is 0 Å². The first-order chi connectivity index (χ1) is 14.8. The lowest BCUT2D eigenvalue weighted by Crippen LogP contribution is -2.30. The zero-order valence-corrected chi connectivity index (χ0v) is 18.4. The molecule has 9 heteroatoms. The summed E-state index contributed by atoms with van der Waals surface area (Å²) in [6, 6.07) is 12.2. The molecule has 8 nitrogen and oxygen atoms in total. The molecular weight excluding hydrogens is 420 g/mol. The van der Waals surface area contributed by atoms with E-state index in [1.807, 2.05) is 18.2 Å². The molecule has 0 atom stereocenters. The van der Waals surface area contributed by atoms with Gasteiger partial charge in [0.2, 0.25) is 10.0 Å². The molecule has 2 aromatic rings. The van der Waals surface area contributed by atoms with Gasteiger partial charge in [-0.1, -0.05) is 24.3 Å². The Kier molecular flexibility index (Phi) is 7.29. The summed E-state index contributed by atoms with van der Waals surface area (Å²) in [4.78, 5) is 24.0. The molecule has 3 rings (SSSR count). The number of nitrogens with one attached hydrogen (secondary N) is 1. The highest BCUT2D eigenvalue weighted by Crippen LogP contribution is 2.26. The maximum absolute atomic E-state index is 12.4. The Morgan fingerprint density at radius 3 is 2.55 bits per heavy atom. The van der Waals surface area contributed by atoms with E-state index in [0.717, 1.165) is 23.6 Å². The van der Waals surface area contributed by atoms with Crippen LogP contribution in [-0.4, -0.2) is 51.9 Å². The third kappa shape index (κ3) is 5.83. The number of nitrogens with zero attached hydrogens (tertiary/aromatic N) is 1. The van der Waals surface area contributed by atoms with E-state index < -0.39 is 28.5 Å². The average molecular weight is 447 g/mol. The van der Waals surface area contributed by atoms with Crippen LogP contribution in [0.2, 0.25) is 0 Å². The van der Waals surface area contributed by atoms with E-state index in [-0.39, 0.29) is 18.0 Å². The standard InChI is InChI=1S/C22H26N2O6S/c1-24(2)31(27,28)20-9-4-3-6-18(20)13-23-21(25)14-30-22(26)15-29-19-11-10-16-7-5-8-17(16)12-19/h3-4,6,9-12H,5,7-8,13-15H2,1-2H3,(H,23,25). The van der Waals surface area contributed by atoms with Gasteiger partial charge in [-0.15, -0.1) is 0 Å². The molecule has 31 heavy (non-hydrogen) atoms. The molecule has 0 heterocycles. The Balaban J connectivity index is 1.45. The summed E-state index contributed by atoms with van der Waals surface area (Å²) >= 11 is 0. The third-order valence-electron chi connectivity index (χ3n) is 5.00. The van der Waals surface area contributed by atoms with Gasteiger partial charge in [0, 0.05) is 20.6 Å². The molecule has 0 aliphatic heterocycles. The highest BCUT2D eigenvalue weighted by molar-refractivity contribution is 7.89. The fourth-order valence-corrected chi connectivity index (χ4v) is 4.43. The van der Waals surface area contributed by atoms with Crippen LogP contribution in [0.5, 0.6) is 5.75 Å². The Bertz CT molecular complexity index is 1070. The maximum atomic E-state index is 12.4. The highest BCUT2D eigenvalue weighted by atomic mass is 32.2. The van der Waals surface area contributed by atoms with Crippen LogP contribution >= 0.6 is 0 Å². The first kappa shape index (κ1) is 22.8. The number of hydrogen-bond donors (Lipinski definition) is 1. The number of amides is 1. The normalized spacial score (nSPS) is 13.0. The van der Waals surface area contributed by atoms with Gasteiger partial charge < -0.3 is 14.8 Å². The summed E-state index contributed by atoms with van der Waals surface area (Å²) < 4.78 is 36.3. The fraction of sp³-hybridized carbons (Fsp3) is 0.364. The van der Waals surface area contributed by atoms with E-state index in [1.165, 1.54) is 31.3 Å². The minimum Gasteiger partial charge on any atom is -0.482 e. The predicted octanol–water partition coefficient (Wildman–Crippen LogP) is 1.66. The molecule has 0 saturated heterocycles. The topological polar surface area (TPSA) is 102 Å². The van der Waals surface area contributed by atoms with Crippen LogP contribution in [0.25, 0.3) is 0 Å². The van der Waals surface area contributed by atoms with Crippen LogP contribution in [-0.2, 0) is 43.7 Å². The summed E-state index contributed by atoms with van der Waals surface area (Å²) in [5.41, 5.74) is 2.99. The van der Waals surface area contributed by atoms with E-state index in [0.29, 0.717) is 11.3 Å². The second-order valence-corrected chi connectivity index (χ2v) is 9.53. The Hall–Kier alpha value is -2.91. The predicted molar refractivity (Wildman–Crippen MR) is 114 cm³/mol. The molecule has 1 aliphatic rings. The number of esters is 1. The lowest BCUT2D eigenvalue weighted by atomic mass is 10.1. The molecule has 0 spiro atoms. The van der Waals surface area contributed by atoms with Crippen molar-refractivity contribution in [1.82, 2.24) is 9.62 Å². The van der Waals surface area contributed by atoms with Crippen molar-refractivity contribution in [3.05, 3.63) is 59.2 Å². The van der Waals surface area contributed by atoms with Crippen LogP contribution in [0.1, 0.15) is 23.1 Å². The Morgan fingerprint density at radius 2 is 1.77 bits per heavy atom. The highest BCUT2D eigenvalue weighted by Gasteiger charge is 2.21. The first-order valence-electron chi connectivity index (χ1n) is 9.95. The number of sulfonamides is 1. The minimum absolute atomic E-state index is 0.00868. The third-order valence-corrected chi connectivity index (χ3v) is 6.91. The van der Waals surface area contributed by atoms with E-state index in [9.17, 15) is 18.0 Å². The first-order valence-corrected chi connectivity index (χ1v) is 11.4. The molecule has 2 aromatic carbocycles. The van der Waals surface area contributed by atoms with Gasteiger partial charge in [-0.25, -0.2) is 17.5 Å². The molecular formula is C22H26N2O6S. The van der Waals surface area contributed by atoms with Crippen molar-refractivity contribution >= 4 is 21.9 Å². The summed E-state index contributed by atoms with van der Waals surface area (Å²) in [6.45, 7) is -0.782. The lowest BCUT2D eigenvalue weighted by molar-refractivity contribution is -0.150. The second kappa shape index (κ2) is 9.93. The van der Waals surface area contributed by atoms with Crippen molar-refractivity contribution in [2.75, 3.05) is 27.3 Å². The number of carbonyl (C=O) groups is 2. The fourth-order valence-electron chi connectivity index (χ4n) is 3.31. The van der Waals surface area contributed by atoms with Gasteiger partial charge in [-0.3, -0.25) is 4.79 Å². The number of fused-ring (bicyclic) bond motifs is 1. The monoisotopic (exact) mass is 446 g/mol. The Morgan fingerprint density at radius 1 is 1.03 bits per heavy atom. The number of benzene rings is 2. The Labute approximate surface area is 182 Å². The number of hydrogen-bond acceptors (Lipinski definition) is 6. The van der Waals surface area contributed by atoms with E-state index in [2.05, 4.69) is 5.32 Å². The van der Waals surface area contributed by atoms with E-state index in [1.54, 1.807) is 18.2 Å². The van der Waals surface area contributed by atoms with E-state index in [4.69, 9.17) is 9.47 Å². The SMILES string of the molecule is CN(C)S(=O)(=O)c1ccccc1CNC(=O)COC(=O)COc1ccc2c(c1)CCC2. The molecule has 1 aliphatic carbocycles. The van der Waals surface area contributed by atoms with Crippen LogP contribution in [0, 0.1) is 0 Å². The largest absolute Gasteiger partial charge is 0.482 e. The van der Waals surface area contributed by atoms with Crippen molar-refractivity contribution < 1.29 is 27.5 Å². The molecule has 0 bridgehead atoms. The maximum Gasteiger partial charge on any atom is 0.344 e. The smallest absolute Gasteiger partial charge is 0.344 e. The minimum atomic E-state index is -3.64. The molecule has 0 saturated carbocycles. The summed E-state index contributed by atoms with van der Waals surface area (Å²) in [5, 5.41) is 2.57. The molecule has 0 aromatic heterocycles. The van der Waals surface area contributed by atoms with Gasteiger partial charge in [0.05, 0.1) is 4.90 Å². The number of rotatable bonds is 9. The van der Waals surface area contributed by atoms with Crippen molar-refractivity contribution in [3.63, 3.8) is 0 Å². The molecule has 0 radical (unpaired) electrons. The quantitative estimate of drug-likeness (QED) is 0.588. The van der Waals surface area contributed by atoms with E-state index >= 15 is 0 Å². The van der Waals surface area contributed by atoms with Crippen LogP contribution in [0.4, 0.5) is 0 Å². The van der Waals surface area contributed by atoms with Crippen molar-refractivity contribution in [1.29, 1.82) is 0 Å². The van der Waals surface area contributed by atoms with Gasteiger partial charge in [-0.05, 0) is 54.2 Å². The second-order valence-electron chi connectivity index (χ2n) is 7.41. The lowest BCUT2D eigenvalue weighted by Gasteiger charge is -2.15. The molecule has 1 amide bonds. The van der Waals surface area contributed by atoms with Crippen molar-refractivity contribution in [2.24, 2.45) is 0 Å². The summed E-state index contributed by atoms with van der Waals surface area (Å²) in [5.74, 6) is -0.602. The average Bonchev–Trinajstić information content (AvgIpc) is 3.22. The summed E-state index contributed by atoms with van der Waals surface area (Å²) in [7, 11) is -0.760. The number of aryl methyl sites for hydroxylation is 2. The summed E-state index contributed by atoms with van der Waals surface area (Å²) in [6.07, 6.45) is 3.20. The molecule has 0 fully saturated rings. The molecule has 166 valence electrons.